The molecule has 1 saturated carbocycles. The van der Waals surface area contributed by atoms with Crippen LogP contribution < -0.4 is 20.3 Å². The molecule has 2 aliphatic heterocycles. The maximum Gasteiger partial charge on any atom is 0.255 e. The number of piperazine rings is 1. The second-order valence-corrected chi connectivity index (χ2v) is 15.3. The van der Waals surface area contributed by atoms with E-state index in [1.54, 1.807) is 28.7 Å². The number of imidazole rings is 1. The van der Waals surface area contributed by atoms with Gasteiger partial charge in [0.05, 0.1) is 29.9 Å². The van der Waals surface area contributed by atoms with Crippen LogP contribution in [0.5, 0.6) is 5.75 Å². The molecule has 1 unspecified atom stereocenters. The number of rotatable bonds is 9. The molecule has 14 heteroatoms. The van der Waals surface area contributed by atoms with Crippen molar-refractivity contribution in [1.82, 2.24) is 44.5 Å². The molecule has 6 aromatic rings. The van der Waals surface area contributed by atoms with E-state index in [0.29, 0.717) is 35.9 Å². The smallest absolute Gasteiger partial charge is 0.255 e. The van der Waals surface area contributed by atoms with Crippen molar-refractivity contribution in [2.75, 3.05) is 44.7 Å². The number of anilines is 1. The molecule has 0 spiro atoms. The topological polar surface area (TPSA) is 144 Å². The van der Waals surface area contributed by atoms with E-state index >= 15 is 0 Å². The molecular weight excluding hydrogens is 697 g/mol. The standard InChI is InChI=1S/C41H46N10O4/c1-26-24-49(34-12-13-37(52)45-41(34)54)33-6-3-5-32(39(26)33)48-19-17-47(18-20-48)16-14-27-8-10-29(11-9-27)44-40(53)30-21-28-25-50(46-31(28)22-35(30)55-2)38-23-42-36-7-4-15-43-51(36)38/h3-7,15,21-25,27,29,34H,8-14,16-20H2,1-2H3,(H,44,53)(H,45,52,54). The van der Waals surface area contributed by atoms with Crippen LogP contribution in [-0.4, -0.2) is 97.4 Å². The number of fused-ring (bicyclic) bond motifs is 3. The van der Waals surface area contributed by atoms with E-state index in [4.69, 9.17) is 9.84 Å². The van der Waals surface area contributed by atoms with Crippen molar-refractivity contribution < 1.29 is 19.1 Å². The van der Waals surface area contributed by atoms with Crippen LogP contribution in [-0.2, 0) is 9.59 Å². The molecule has 1 aliphatic carbocycles. The number of nitrogens with one attached hydrogen (secondary N) is 2. The number of ether oxygens (including phenoxy) is 1. The lowest BCUT2D eigenvalue weighted by atomic mass is 9.84. The maximum atomic E-state index is 13.6. The van der Waals surface area contributed by atoms with Gasteiger partial charge in [-0.2, -0.15) is 14.7 Å². The Morgan fingerprint density at radius 2 is 1.84 bits per heavy atom. The van der Waals surface area contributed by atoms with Crippen LogP contribution in [0.3, 0.4) is 0 Å². The van der Waals surface area contributed by atoms with Gasteiger partial charge in [0.2, 0.25) is 11.8 Å². The Morgan fingerprint density at radius 1 is 1.00 bits per heavy atom. The van der Waals surface area contributed by atoms with Gasteiger partial charge in [-0.1, -0.05) is 6.07 Å². The number of aromatic nitrogens is 6. The number of piperidine rings is 1. The van der Waals surface area contributed by atoms with E-state index < -0.39 is 0 Å². The van der Waals surface area contributed by atoms with Gasteiger partial charge in [-0.05, 0) is 93.8 Å². The summed E-state index contributed by atoms with van der Waals surface area (Å²) in [5.41, 5.74) is 5.36. The summed E-state index contributed by atoms with van der Waals surface area (Å²) in [5, 5.41) is 16.9. The van der Waals surface area contributed by atoms with Gasteiger partial charge in [0.1, 0.15) is 11.8 Å². The van der Waals surface area contributed by atoms with Gasteiger partial charge in [-0.25, -0.2) is 9.67 Å². The highest BCUT2D eigenvalue weighted by Crippen LogP contribution is 2.36. The lowest BCUT2D eigenvalue weighted by Gasteiger charge is -2.37. The van der Waals surface area contributed by atoms with Gasteiger partial charge < -0.3 is 19.5 Å². The van der Waals surface area contributed by atoms with Crippen LogP contribution in [0.25, 0.3) is 33.3 Å². The summed E-state index contributed by atoms with van der Waals surface area (Å²) in [6.07, 6.45) is 13.6. The maximum absolute atomic E-state index is 13.6. The van der Waals surface area contributed by atoms with Crippen molar-refractivity contribution >= 4 is 50.9 Å². The van der Waals surface area contributed by atoms with Gasteiger partial charge in [0.25, 0.3) is 5.91 Å². The number of carbonyl (C=O) groups excluding carboxylic acids is 3. The third-order valence-electron chi connectivity index (χ3n) is 11.9. The molecule has 284 valence electrons. The third kappa shape index (κ3) is 6.68. The molecule has 3 fully saturated rings. The van der Waals surface area contributed by atoms with E-state index in [1.807, 2.05) is 30.5 Å². The molecular formula is C41H46N10O4. The fourth-order valence-electron chi connectivity index (χ4n) is 8.88. The summed E-state index contributed by atoms with van der Waals surface area (Å²) < 4.78 is 11.2. The van der Waals surface area contributed by atoms with Crippen LogP contribution in [0.2, 0.25) is 0 Å². The van der Waals surface area contributed by atoms with E-state index in [2.05, 4.69) is 66.4 Å². The fraction of sp³-hybridized carbons (Fsp3) is 0.415. The first-order valence-electron chi connectivity index (χ1n) is 19.4. The van der Waals surface area contributed by atoms with Crippen molar-refractivity contribution in [3.05, 3.63) is 78.4 Å². The number of carbonyl (C=O) groups is 3. The van der Waals surface area contributed by atoms with Gasteiger partial charge in [-0.15, -0.1) is 0 Å². The predicted octanol–water partition coefficient (Wildman–Crippen LogP) is 4.82. The molecule has 2 saturated heterocycles. The quantitative estimate of drug-likeness (QED) is 0.200. The van der Waals surface area contributed by atoms with Gasteiger partial charge >= 0.3 is 0 Å². The lowest BCUT2D eigenvalue weighted by Crippen LogP contribution is -2.47. The number of hydrogen-bond acceptors (Lipinski definition) is 9. The summed E-state index contributed by atoms with van der Waals surface area (Å²) in [6.45, 7) is 7.12. The number of amides is 3. The molecule has 55 heavy (non-hydrogen) atoms. The minimum absolute atomic E-state index is 0.122. The van der Waals surface area contributed by atoms with Crippen LogP contribution in [0.4, 0.5) is 5.69 Å². The Kier molecular flexibility index (Phi) is 9.20. The number of imide groups is 1. The molecule has 0 bridgehead atoms. The Hall–Kier alpha value is -5.76. The normalized spacial score (nSPS) is 21.1. The first-order valence-corrected chi connectivity index (χ1v) is 19.4. The van der Waals surface area contributed by atoms with E-state index in [9.17, 15) is 14.4 Å². The van der Waals surface area contributed by atoms with Gasteiger partial charge in [0.15, 0.2) is 11.5 Å². The zero-order valence-corrected chi connectivity index (χ0v) is 31.3. The average Bonchev–Trinajstić information content (AvgIpc) is 3.92. The average molecular weight is 743 g/mol. The Balaban J connectivity index is 0.771. The number of hydrogen-bond donors (Lipinski definition) is 2. The minimum atomic E-state index is -0.364. The van der Waals surface area contributed by atoms with Crippen molar-refractivity contribution in [3.8, 4) is 11.6 Å². The van der Waals surface area contributed by atoms with Gasteiger partial charge in [0, 0.05) is 79.8 Å². The molecule has 3 aliphatic rings. The number of aryl methyl sites for hydroxylation is 1. The molecule has 14 nitrogen and oxygen atoms in total. The highest BCUT2D eigenvalue weighted by molar-refractivity contribution is 6.02. The molecule has 2 aromatic carbocycles. The first kappa shape index (κ1) is 35.0. The fourth-order valence-corrected chi connectivity index (χ4v) is 8.88. The van der Waals surface area contributed by atoms with Crippen LogP contribution >= 0.6 is 0 Å². The molecule has 2 N–H and O–H groups in total. The van der Waals surface area contributed by atoms with Crippen molar-refractivity contribution in [3.63, 3.8) is 0 Å². The van der Waals surface area contributed by atoms with Crippen LogP contribution in [0, 0.1) is 12.8 Å². The monoisotopic (exact) mass is 742 g/mol. The van der Waals surface area contributed by atoms with E-state index in [0.717, 1.165) is 86.0 Å². The van der Waals surface area contributed by atoms with Gasteiger partial charge in [-0.3, -0.25) is 24.6 Å². The zero-order valence-electron chi connectivity index (χ0n) is 31.3. The molecule has 6 heterocycles. The second kappa shape index (κ2) is 14.5. The van der Waals surface area contributed by atoms with Crippen molar-refractivity contribution in [1.29, 1.82) is 0 Å². The SMILES string of the molecule is COc1cc2nn(-c3cnc4cccnn34)cc2cc1C(=O)NC1CCC(CCN2CCN(c3cccc4c3c(C)cn4C3CCC(=O)NC3=O)CC2)CC1. The van der Waals surface area contributed by atoms with Crippen molar-refractivity contribution in [2.24, 2.45) is 5.92 Å². The lowest BCUT2D eigenvalue weighted by molar-refractivity contribution is -0.135. The molecule has 1 atom stereocenters. The third-order valence-corrected chi connectivity index (χ3v) is 11.9. The predicted molar refractivity (Wildman–Crippen MR) is 209 cm³/mol. The molecule has 9 rings (SSSR count). The number of benzene rings is 2. The van der Waals surface area contributed by atoms with E-state index in [1.165, 1.54) is 17.5 Å². The Bertz CT molecular complexity index is 2410. The summed E-state index contributed by atoms with van der Waals surface area (Å²) in [5.74, 6) is 1.33. The van der Waals surface area contributed by atoms with E-state index in [-0.39, 0.29) is 29.8 Å². The minimum Gasteiger partial charge on any atom is -0.496 e. The Morgan fingerprint density at radius 3 is 2.64 bits per heavy atom. The summed E-state index contributed by atoms with van der Waals surface area (Å²) >= 11 is 0. The largest absolute Gasteiger partial charge is 0.496 e. The Labute approximate surface area is 318 Å². The highest BCUT2D eigenvalue weighted by Gasteiger charge is 2.31. The molecule has 3 amide bonds. The molecule has 0 radical (unpaired) electrons. The first-order chi connectivity index (χ1) is 26.8. The highest BCUT2D eigenvalue weighted by atomic mass is 16.5. The number of nitrogens with zero attached hydrogens (tertiary/aromatic N) is 8. The summed E-state index contributed by atoms with van der Waals surface area (Å²) in [7, 11) is 1.58. The summed E-state index contributed by atoms with van der Waals surface area (Å²) in [4.78, 5) is 47.5. The molecule has 4 aromatic heterocycles. The zero-order chi connectivity index (χ0) is 37.6. The second-order valence-electron chi connectivity index (χ2n) is 15.3. The van der Waals surface area contributed by atoms with Crippen LogP contribution in [0.1, 0.15) is 66.9 Å². The summed E-state index contributed by atoms with van der Waals surface area (Å²) in [6, 6.07) is 13.5. The van der Waals surface area contributed by atoms with Crippen molar-refractivity contribution in [2.45, 2.75) is 64.0 Å². The number of methoxy groups -OCH3 is 1. The van der Waals surface area contributed by atoms with Crippen LogP contribution in [0.15, 0.2) is 67.3 Å².